The molecule has 10 radical (unpaired) electrons. The Morgan fingerprint density at radius 2 is 0.667 bits per heavy atom. The maximum atomic E-state index is 4.97. The molecule has 0 aliphatic heterocycles. The topological polar surface area (TPSA) is 0 Å². The minimum absolute atomic E-state index is 1.06. The normalized spacial score (nSPS) is 26.2. The molecule has 0 aromatic rings. The predicted molar refractivity (Wildman–Crippen MR) is 107 cm³/mol. The second-order valence-corrected chi connectivity index (χ2v) is 17.6. The van der Waals surface area contributed by atoms with E-state index in [0.29, 0.717) is 0 Å². The van der Waals surface area contributed by atoms with E-state index in [-0.39, 0.29) is 0 Å². The van der Waals surface area contributed by atoms with Crippen LogP contribution in [-0.2, 0) is 0 Å². The van der Waals surface area contributed by atoms with Crippen LogP contribution in [0.4, 0.5) is 0 Å². The summed E-state index contributed by atoms with van der Waals surface area (Å²) >= 11 is -1.06. The fraction of sp³-hybridized carbons (Fsp3) is 0.500. The van der Waals surface area contributed by atoms with Gasteiger partial charge in [-0.25, -0.2) is 0 Å². The molecule has 0 bridgehead atoms. The van der Waals surface area contributed by atoms with Crippen molar-refractivity contribution in [1.29, 1.82) is 0 Å². The Bertz CT molecular complexity index is 341. The van der Waals surface area contributed by atoms with Gasteiger partial charge in [0.2, 0.25) is 0 Å². The van der Waals surface area contributed by atoms with Gasteiger partial charge in [0.15, 0.2) is 0 Å². The minimum atomic E-state index is -1.65. The molecule has 0 N–H and O–H groups in total. The Morgan fingerprint density at radius 1 is 0.500 bits per heavy atom. The van der Waals surface area contributed by atoms with Gasteiger partial charge in [0.25, 0.3) is 0 Å². The van der Waals surface area contributed by atoms with Gasteiger partial charge >= 0.3 is 44.7 Å². The van der Waals surface area contributed by atoms with Crippen molar-refractivity contribution in [2.45, 2.75) is 68.5 Å². The molecule has 0 aromatic carbocycles. The Hall–Kier alpha value is 2.12. The first-order chi connectivity index (χ1) is 10.9. The van der Waals surface area contributed by atoms with Gasteiger partial charge in [-0.3, -0.25) is 0 Å². The Kier molecular flexibility index (Phi) is 9.61. The molecule has 2 aliphatic rings. The van der Waals surface area contributed by atoms with Gasteiger partial charge in [0.05, 0.1) is 8.07 Å². The van der Waals surface area contributed by atoms with Crippen molar-refractivity contribution in [1.82, 2.24) is 0 Å². The van der Waals surface area contributed by atoms with Crippen molar-refractivity contribution < 1.29 is 32.8 Å². The molecule has 0 unspecified atom stereocenters. The van der Waals surface area contributed by atoms with Gasteiger partial charge in [0, 0.05) is 0 Å². The van der Waals surface area contributed by atoms with Crippen molar-refractivity contribution in [2.75, 3.05) is 0 Å². The average Bonchev–Trinajstić information content (AvgIpc) is 2.81. The zero-order valence-electron chi connectivity index (χ0n) is 16.8. The van der Waals surface area contributed by atoms with E-state index >= 15 is 0 Å². The molecule has 2 saturated carbocycles. The average molecular weight is 601 g/mol. The molecule has 0 aromatic heterocycles. The SMILES string of the molecule is C[C]1[C](C)[C](C)[C]([Si](C)(C)[C]2[C](C)[C](C)[C](C)[C]2C)[C]1C.[Cl][Th][Cl]. The van der Waals surface area contributed by atoms with E-state index in [2.05, 4.69) is 68.5 Å². The molecule has 0 atom stereocenters. The molecule has 4 heteroatoms. The van der Waals surface area contributed by atoms with Crippen LogP contribution < -0.4 is 0 Å². The van der Waals surface area contributed by atoms with Gasteiger partial charge in [-0.05, 0) is 58.4 Å². The first kappa shape index (κ1) is 24.2. The first-order valence-corrected chi connectivity index (χ1v) is 21.5. The van der Waals surface area contributed by atoms with E-state index in [1.54, 1.807) is 11.1 Å². The molecule has 132 valence electrons. The summed E-state index contributed by atoms with van der Waals surface area (Å²) in [6, 6.07) is 0. The summed E-state index contributed by atoms with van der Waals surface area (Å²) < 4.78 is 0. The van der Waals surface area contributed by atoms with Crippen molar-refractivity contribution >= 4 is 20.0 Å². The van der Waals surface area contributed by atoms with Crippen LogP contribution in [0.5, 0.6) is 0 Å². The number of rotatable bonds is 2. The molecular formula is C20H30Cl2SiTh. The van der Waals surface area contributed by atoms with Crippen molar-refractivity contribution in [3.63, 3.8) is 0 Å². The molecule has 0 amide bonds. The third-order valence-corrected chi connectivity index (χ3v) is 10.1. The summed E-state index contributed by atoms with van der Waals surface area (Å²) in [5.41, 5.74) is 3.35. The molecule has 0 nitrogen and oxygen atoms in total. The first-order valence-electron chi connectivity index (χ1n) is 8.38. The van der Waals surface area contributed by atoms with Gasteiger partial charge in [0.1, 0.15) is 0 Å². The zero-order valence-corrected chi connectivity index (χ0v) is 23.4. The monoisotopic (exact) mass is 600 g/mol. The molecule has 0 heterocycles. The van der Waals surface area contributed by atoms with E-state index in [1.807, 2.05) is 0 Å². The second kappa shape index (κ2) is 9.55. The summed E-state index contributed by atoms with van der Waals surface area (Å²) in [6.07, 6.45) is 0. The third-order valence-electron chi connectivity index (χ3n) is 6.12. The molecule has 2 fully saturated rings. The quantitative estimate of drug-likeness (QED) is 0.297. The maximum absolute atomic E-state index is 4.97. The Balaban J connectivity index is 0.000000891. The van der Waals surface area contributed by atoms with E-state index in [0.717, 1.165) is 0 Å². The molecule has 0 spiro atoms. The van der Waals surface area contributed by atoms with Crippen LogP contribution in [-0.4, -0.2) is 8.07 Å². The third kappa shape index (κ3) is 4.40. The van der Waals surface area contributed by atoms with E-state index in [4.69, 9.17) is 11.9 Å². The molecule has 2 rings (SSSR count). The summed E-state index contributed by atoms with van der Waals surface area (Å²) in [5.74, 6) is 22.1. The molecule has 24 heavy (non-hydrogen) atoms. The van der Waals surface area contributed by atoms with E-state index < -0.39 is 40.8 Å². The Morgan fingerprint density at radius 3 is 0.833 bits per heavy atom. The fourth-order valence-electron chi connectivity index (χ4n) is 4.44. The van der Waals surface area contributed by atoms with Gasteiger partial charge < -0.3 is 0 Å². The zero-order chi connectivity index (χ0) is 19.0. The Labute approximate surface area is 177 Å². The summed E-state index contributed by atoms with van der Waals surface area (Å²) in [7, 11) is -1.65. The van der Waals surface area contributed by atoms with Crippen LogP contribution in [0, 0.1) is 91.2 Å². The van der Waals surface area contributed by atoms with E-state index in [9.17, 15) is 0 Å². The molecular weight excluding hydrogens is 571 g/mol. The summed E-state index contributed by atoms with van der Waals surface area (Å²) in [6.45, 7) is 23.5. The van der Waals surface area contributed by atoms with Crippen molar-refractivity contribution in [3.8, 4) is 0 Å². The van der Waals surface area contributed by atoms with Crippen LogP contribution >= 0.6 is 11.9 Å². The summed E-state index contributed by atoms with van der Waals surface area (Å²) in [5, 5.41) is 0. The standard InChI is InChI=1S/C20H30Si.2ClH.Th/c1-11-12(2)16(6)19(15(11)5)21(9,10)20-17(7)13(3)14(4)18(20)8;;;/h1-10H3;2*1H;/q;;;+2/p-2. The van der Waals surface area contributed by atoms with Crippen LogP contribution in [0.2, 0.25) is 13.1 Å². The summed E-state index contributed by atoms with van der Waals surface area (Å²) in [4.78, 5) is 0. The van der Waals surface area contributed by atoms with Gasteiger partial charge in [-0.1, -0.05) is 68.5 Å². The van der Waals surface area contributed by atoms with Gasteiger partial charge in [-0.2, -0.15) is 0 Å². The van der Waals surface area contributed by atoms with Gasteiger partial charge in [-0.15, -0.1) is 0 Å². The van der Waals surface area contributed by atoms with Crippen molar-refractivity contribution in [2.24, 2.45) is 0 Å². The van der Waals surface area contributed by atoms with Crippen LogP contribution in [0.1, 0.15) is 55.4 Å². The van der Waals surface area contributed by atoms with Crippen LogP contribution in [0.15, 0.2) is 0 Å². The fourth-order valence-corrected chi connectivity index (χ4v) is 9.19. The second-order valence-electron chi connectivity index (χ2n) is 7.45. The number of halogens is 2. The van der Waals surface area contributed by atoms with Crippen LogP contribution in [0.25, 0.3) is 0 Å². The number of hydrogen-bond donors (Lipinski definition) is 0. The van der Waals surface area contributed by atoms with E-state index in [1.165, 1.54) is 47.3 Å². The molecule has 0 saturated heterocycles. The van der Waals surface area contributed by atoms with Crippen LogP contribution in [0.3, 0.4) is 0 Å². The predicted octanol–water partition coefficient (Wildman–Crippen LogP) is 7.08. The molecule has 2 aliphatic carbocycles. The number of hydrogen-bond acceptors (Lipinski definition) is 0. The van der Waals surface area contributed by atoms with Crippen molar-refractivity contribution in [3.05, 3.63) is 58.4 Å².